The summed E-state index contributed by atoms with van der Waals surface area (Å²) < 4.78 is 7.22. The van der Waals surface area contributed by atoms with Crippen molar-refractivity contribution < 1.29 is 9.53 Å². The average Bonchev–Trinajstić information content (AvgIpc) is 3.12. The van der Waals surface area contributed by atoms with Gasteiger partial charge >= 0.3 is 6.09 Å². The first-order valence-corrected chi connectivity index (χ1v) is 8.51. The van der Waals surface area contributed by atoms with E-state index < -0.39 is 0 Å². The molecule has 2 N–H and O–H groups in total. The SMILES string of the molecule is Nc1ncnn2c(C3=CCCCN3C(=O)OCc3ccccc3)ccc12. The first-order chi connectivity index (χ1) is 12.7. The molecule has 2 aromatic heterocycles. The highest BCUT2D eigenvalue weighted by Gasteiger charge is 2.25. The van der Waals surface area contributed by atoms with Gasteiger partial charge in [-0.15, -0.1) is 0 Å². The zero-order valence-corrected chi connectivity index (χ0v) is 14.2. The highest BCUT2D eigenvalue weighted by atomic mass is 16.6. The third-order valence-electron chi connectivity index (χ3n) is 4.38. The van der Waals surface area contributed by atoms with Gasteiger partial charge in [0.15, 0.2) is 5.82 Å². The van der Waals surface area contributed by atoms with Crippen LogP contribution in [0.25, 0.3) is 11.2 Å². The van der Waals surface area contributed by atoms with Crippen molar-refractivity contribution in [3.63, 3.8) is 0 Å². The lowest BCUT2D eigenvalue weighted by molar-refractivity contribution is 0.112. The van der Waals surface area contributed by atoms with Gasteiger partial charge in [0.2, 0.25) is 0 Å². The Bertz CT molecular complexity index is 964. The lowest BCUT2D eigenvalue weighted by atomic mass is 10.1. The van der Waals surface area contributed by atoms with Gasteiger partial charge in [-0.25, -0.2) is 14.3 Å². The van der Waals surface area contributed by atoms with E-state index in [9.17, 15) is 4.79 Å². The monoisotopic (exact) mass is 349 g/mol. The number of anilines is 1. The van der Waals surface area contributed by atoms with Crippen LogP contribution in [0.4, 0.5) is 10.6 Å². The molecule has 132 valence electrons. The fraction of sp³-hybridized carbons (Fsp3) is 0.211. The molecule has 0 bridgehead atoms. The Balaban J connectivity index is 1.59. The van der Waals surface area contributed by atoms with Crippen LogP contribution in [0.1, 0.15) is 24.1 Å². The molecule has 1 aromatic carbocycles. The van der Waals surface area contributed by atoms with Gasteiger partial charge < -0.3 is 10.5 Å². The van der Waals surface area contributed by atoms with Crippen molar-refractivity contribution in [1.29, 1.82) is 0 Å². The number of carbonyl (C=O) groups excluding carboxylic acids is 1. The van der Waals surface area contributed by atoms with Gasteiger partial charge in [0.1, 0.15) is 18.5 Å². The van der Waals surface area contributed by atoms with E-state index in [1.807, 2.05) is 48.5 Å². The summed E-state index contributed by atoms with van der Waals surface area (Å²) in [6.45, 7) is 0.848. The molecule has 0 fully saturated rings. The zero-order valence-electron chi connectivity index (χ0n) is 14.2. The van der Waals surface area contributed by atoms with Crippen molar-refractivity contribution in [2.45, 2.75) is 19.4 Å². The van der Waals surface area contributed by atoms with Gasteiger partial charge in [-0.3, -0.25) is 4.90 Å². The topological polar surface area (TPSA) is 85.8 Å². The second-order valence-corrected chi connectivity index (χ2v) is 6.08. The Morgan fingerprint density at radius 1 is 1.19 bits per heavy atom. The molecule has 26 heavy (non-hydrogen) atoms. The van der Waals surface area contributed by atoms with E-state index >= 15 is 0 Å². The fourth-order valence-electron chi connectivity index (χ4n) is 3.10. The van der Waals surface area contributed by atoms with Gasteiger partial charge in [0.25, 0.3) is 0 Å². The van der Waals surface area contributed by atoms with Crippen molar-refractivity contribution >= 4 is 23.1 Å². The lowest BCUT2D eigenvalue weighted by Gasteiger charge is -2.27. The smallest absolute Gasteiger partial charge is 0.414 e. The Labute approximate surface area is 150 Å². The summed E-state index contributed by atoms with van der Waals surface area (Å²) in [5.74, 6) is 0.404. The van der Waals surface area contributed by atoms with Crippen molar-refractivity contribution in [2.24, 2.45) is 0 Å². The lowest BCUT2D eigenvalue weighted by Crippen LogP contribution is -2.33. The standard InChI is InChI=1S/C19H19N5O2/c20-18-17-10-9-16(24(17)22-13-21-18)15-8-4-5-11-23(15)19(25)26-12-14-6-2-1-3-7-14/h1-3,6-10,13H,4-5,11-12H2,(H2,20,21,22). The van der Waals surface area contributed by atoms with Crippen LogP contribution in [0.3, 0.4) is 0 Å². The quantitative estimate of drug-likeness (QED) is 0.785. The molecule has 1 aliphatic heterocycles. The van der Waals surface area contributed by atoms with Gasteiger partial charge in [-0.05, 0) is 30.5 Å². The molecule has 7 heteroatoms. The van der Waals surface area contributed by atoms with E-state index in [0.717, 1.165) is 29.8 Å². The molecule has 4 rings (SSSR count). The zero-order chi connectivity index (χ0) is 17.9. The van der Waals surface area contributed by atoms with Gasteiger partial charge in [0, 0.05) is 6.54 Å². The number of fused-ring (bicyclic) bond motifs is 1. The summed E-state index contributed by atoms with van der Waals surface area (Å²) >= 11 is 0. The molecular formula is C19H19N5O2. The van der Waals surface area contributed by atoms with Crippen LogP contribution >= 0.6 is 0 Å². The number of aromatic nitrogens is 3. The van der Waals surface area contributed by atoms with Crippen LogP contribution in [0.15, 0.2) is 54.9 Å². The Morgan fingerprint density at radius 2 is 2.04 bits per heavy atom. The molecule has 0 atom stereocenters. The molecule has 1 amide bonds. The number of ether oxygens (including phenoxy) is 1. The Hall–Kier alpha value is -3.35. The normalized spacial score (nSPS) is 14.3. The third-order valence-corrected chi connectivity index (χ3v) is 4.38. The first-order valence-electron chi connectivity index (χ1n) is 8.51. The van der Waals surface area contributed by atoms with E-state index in [0.29, 0.717) is 17.9 Å². The Kier molecular flexibility index (Phi) is 4.27. The number of hydrogen-bond donors (Lipinski definition) is 1. The molecule has 0 aliphatic carbocycles. The minimum Gasteiger partial charge on any atom is -0.444 e. The van der Waals surface area contributed by atoms with E-state index in [1.165, 1.54) is 6.33 Å². The number of rotatable bonds is 3. The molecule has 1 aliphatic rings. The number of allylic oxidation sites excluding steroid dienone is 1. The number of nitrogens with two attached hydrogens (primary N) is 1. The number of carbonyl (C=O) groups is 1. The molecule has 0 saturated heterocycles. The van der Waals surface area contributed by atoms with Gasteiger partial charge in [-0.1, -0.05) is 36.4 Å². The van der Waals surface area contributed by atoms with Crippen LogP contribution < -0.4 is 5.73 Å². The molecular weight excluding hydrogens is 330 g/mol. The predicted octanol–water partition coefficient (Wildman–Crippen LogP) is 3.09. The van der Waals surface area contributed by atoms with Crippen LogP contribution in [0.2, 0.25) is 0 Å². The van der Waals surface area contributed by atoms with E-state index in [4.69, 9.17) is 10.5 Å². The second-order valence-electron chi connectivity index (χ2n) is 6.08. The molecule has 3 heterocycles. The summed E-state index contributed by atoms with van der Waals surface area (Å²) in [6.07, 6.45) is 4.87. The average molecular weight is 349 g/mol. The Morgan fingerprint density at radius 3 is 2.88 bits per heavy atom. The highest BCUT2D eigenvalue weighted by Crippen LogP contribution is 2.28. The maximum atomic E-state index is 12.7. The van der Waals surface area contributed by atoms with Gasteiger partial charge in [0.05, 0.1) is 11.4 Å². The summed E-state index contributed by atoms with van der Waals surface area (Å²) in [5, 5.41) is 4.27. The van der Waals surface area contributed by atoms with Crippen LogP contribution in [0.5, 0.6) is 0 Å². The minimum absolute atomic E-state index is 0.244. The minimum atomic E-state index is -0.364. The van der Waals surface area contributed by atoms with E-state index in [2.05, 4.69) is 10.1 Å². The maximum absolute atomic E-state index is 12.7. The van der Waals surface area contributed by atoms with Gasteiger partial charge in [-0.2, -0.15) is 5.10 Å². The van der Waals surface area contributed by atoms with Crippen molar-refractivity contribution in [3.8, 4) is 0 Å². The number of nitrogen functional groups attached to an aromatic ring is 1. The van der Waals surface area contributed by atoms with Crippen molar-refractivity contribution in [3.05, 3.63) is 66.1 Å². The summed E-state index contributed by atoms with van der Waals surface area (Å²) in [6, 6.07) is 13.4. The molecule has 7 nitrogen and oxygen atoms in total. The number of amides is 1. The predicted molar refractivity (Wildman–Crippen MR) is 97.9 cm³/mol. The highest BCUT2D eigenvalue weighted by molar-refractivity contribution is 5.83. The molecule has 0 spiro atoms. The van der Waals surface area contributed by atoms with Crippen LogP contribution in [-0.2, 0) is 11.3 Å². The maximum Gasteiger partial charge on any atom is 0.414 e. The molecule has 3 aromatic rings. The summed E-state index contributed by atoms with van der Waals surface area (Å²) in [5.41, 5.74) is 9.16. The summed E-state index contributed by atoms with van der Waals surface area (Å²) in [7, 11) is 0. The number of nitrogens with zero attached hydrogens (tertiary/aromatic N) is 4. The fourth-order valence-corrected chi connectivity index (χ4v) is 3.10. The van der Waals surface area contributed by atoms with Crippen LogP contribution in [-0.4, -0.2) is 32.1 Å². The van der Waals surface area contributed by atoms with Crippen molar-refractivity contribution in [1.82, 2.24) is 19.5 Å². The van der Waals surface area contributed by atoms with E-state index in [1.54, 1.807) is 9.42 Å². The summed E-state index contributed by atoms with van der Waals surface area (Å²) in [4.78, 5) is 18.3. The van der Waals surface area contributed by atoms with Crippen LogP contribution in [0, 0.1) is 0 Å². The van der Waals surface area contributed by atoms with E-state index in [-0.39, 0.29) is 12.7 Å². The molecule has 0 radical (unpaired) electrons. The molecule has 0 unspecified atom stereocenters. The largest absolute Gasteiger partial charge is 0.444 e. The van der Waals surface area contributed by atoms with Crippen molar-refractivity contribution in [2.75, 3.05) is 12.3 Å². The first kappa shape index (κ1) is 16.1. The number of benzene rings is 1. The number of hydrogen-bond acceptors (Lipinski definition) is 5. The second kappa shape index (κ2) is 6.87. The molecule has 0 saturated carbocycles. The third kappa shape index (κ3) is 2.99.